The predicted octanol–water partition coefficient (Wildman–Crippen LogP) is 3.78. The first-order chi connectivity index (χ1) is 16.3. The van der Waals surface area contributed by atoms with E-state index in [1.807, 2.05) is 13.0 Å². The Labute approximate surface area is 218 Å². The molecule has 35 heavy (non-hydrogen) atoms. The number of hydrogen-bond acceptors (Lipinski definition) is 4. The van der Waals surface area contributed by atoms with Crippen LogP contribution in [-0.2, 0) is 26.3 Å². The number of benzene rings is 2. The monoisotopic (exact) mass is 542 g/mol. The highest BCUT2D eigenvalue weighted by Crippen LogP contribution is 2.27. The molecule has 0 saturated heterocycles. The van der Waals surface area contributed by atoms with Gasteiger partial charge in [0, 0.05) is 37.7 Å². The van der Waals surface area contributed by atoms with E-state index < -0.39 is 28.7 Å². The Morgan fingerprint density at radius 1 is 1.06 bits per heavy atom. The number of aryl methyl sites for hydroxylation is 2. The molecule has 0 bridgehead atoms. The van der Waals surface area contributed by atoms with Crippen LogP contribution in [-0.4, -0.2) is 63.2 Å². The Bertz CT molecular complexity index is 1190. The van der Waals surface area contributed by atoms with Crippen LogP contribution in [0.4, 0.5) is 5.69 Å². The first-order valence-electron chi connectivity index (χ1n) is 11.1. The van der Waals surface area contributed by atoms with E-state index >= 15 is 0 Å². The third-order valence-corrected chi connectivity index (χ3v) is 8.03. The first-order valence-corrected chi connectivity index (χ1v) is 13.2. The quantitative estimate of drug-likeness (QED) is 0.494. The van der Waals surface area contributed by atoms with Crippen molar-refractivity contribution in [3.63, 3.8) is 0 Å². The zero-order chi connectivity index (χ0) is 26.5. The average molecular weight is 544 g/mol. The molecule has 0 fully saturated rings. The standard InChI is InChI=1S/C24H32Cl2N4O4S/c1-7-21(24(32)27-4)29(14-18-10-11-19(25)13-20(18)26)23(31)15-30(35(33,34)28(5)6)22-12-16(2)8-9-17(22)3/h8-13,21H,7,14-15H2,1-6H3,(H,27,32)/t21-/m1/s1. The van der Waals surface area contributed by atoms with Crippen molar-refractivity contribution >= 4 is 50.9 Å². The van der Waals surface area contributed by atoms with Gasteiger partial charge in [0.1, 0.15) is 12.6 Å². The summed E-state index contributed by atoms with van der Waals surface area (Å²) in [6.07, 6.45) is 0.320. The Hall–Kier alpha value is -2.33. The van der Waals surface area contributed by atoms with Crippen LogP contribution in [0.1, 0.15) is 30.0 Å². The summed E-state index contributed by atoms with van der Waals surface area (Å²) in [7, 11) is 0.269. The van der Waals surface area contributed by atoms with Crippen LogP contribution in [0.15, 0.2) is 36.4 Å². The number of carbonyl (C=O) groups excluding carboxylic acids is 2. The lowest BCUT2D eigenvalue weighted by molar-refractivity contribution is -0.140. The van der Waals surface area contributed by atoms with Crippen molar-refractivity contribution in [2.45, 2.75) is 39.8 Å². The van der Waals surface area contributed by atoms with Gasteiger partial charge in [-0.2, -0.15) is 12.7 Å². The summed E-state index contributed by atoms with van der Waals surface area (Å²) in [5, 5.41) is 3.36. The van der Waals surface area contributed by atoms with E-state index in [4.69, 9.17) is 23.2 Å². The largest absolute Gasteiger partial charge is 0.357 e. The second-order valence-corrected chi connectivity index (χ2v) is 11.3. The normalized spacial score (nSPS) is 12.4. The number of halogens is 2. The molecule has 11 heteroatoms. The number of hydrogen-bond donors (Lipinski definition) is 1. The van der Waals surface area contributed by atoms with Crippen molar-refractivity contribution < 1.29 is 18.0 Å². The topological polar surface area (TPSA) is 90.0 Å². The van der Waals surface area contributed by atoms with Crippen LogP contribution in [0.25, 0.3) is 0 Å². The summed E-state index contributed by atoms with van der Waals surface area (Å²) in [6.45, 7) is 4.91. The van der Waals surface area contributed by atoms with E-state index in [1.54, 1.807) is 44.2 Å². The molecule has 0 radical (unpaired) electrons. The Kier molecular flexibility index (Phi) is 9.97. The molecule has 0 aliphatic carbocycles. The van der Waals surface area contributed by atoms with Gasteiger partial charge >= 0.3 is 10.2 Å². The average Bonchev–Trinajstić information content (AvgIpc) is 2.79. The number of nitrogens with one attached hydrogen (secondary N) is 1. The van der Waals surface area contributed by atoms with Gasteiger partial charge in [0.2, 0.25) is 11.8 Å². The van der Waals surface area contributed by atoms with Crippen molar-refractivity contribution in [1.82, 2.24) is 14.5 Å². The summed E-state index contributed by atoms with van der Waals surface area (Å²) in [6, 6.07) is 9.45. The lowest BCUT2D eigenvalue weighted by atomic mass is 10.1. The van der Waals surface area contributed by atoms with Gasteiger partial charge in [-0.1, -0.05) is 48.3 Å². The van der Waals surface area contributed by atoms with Crippen molar-refractivity contribution in [3.05, 3.63) is 63.1 Å². The molecule has 8 nitrogen and oxygen atoms in total. The zero-order valence-corrected chi connectivity index (χ0v) is 23.1. The second kappa shape index (κ2) is 12.1. The van der Waals surface area contributed by atoms with Crippen molar-refractivity contribution in [2.24, 2.45) is 0 Å². The number of amides is 2. The Balaban J connectivity index is 2.58. The van der Waals surface area contributed by atoms with Crippen LogP contribution in [0.3, 0.4) is 0 Å². The van der Waals surface area contributed by atoms with Gasteiger partial charge in [-0.15, -0.1) is 0 Å². The van der Waals surface area contributed by atoms with Gasteiger partial charge in [0.25, 0.3) is 0 Å². The lowest BCUT2D eigenvalue weighted by Gasteiger charge is -2.34. The maximum Gasteiger partial charge on any atom is 0.304 e. The van der Waals surface area contributed by atoms with Crippen LogP contribution < -0.4 is 9.62 Å². The molecule has 2 aromatic rings. The van der Waals surface area contributed by atoms with Crippen molar-refractivity contribution in [1.29, 1.82) is 0 Å². The number of anilines is 1. The SMILES string of the molecule is CC[C@H](C(=O)NC)N(Cc1ccc(Cl)cc1Cl)C(=O)CN(c1cc(C)ccc1C)S(=O)(=O)N(C)C. The summed E-state index contributed by atoms with van der Waals surface area (Å²) in [5.74, 6) is -0.905. The molecule has 0 aliphatic heterocycles. The van der Waals surface area contributed by atoms with Gasteiger partial charge in [0.15, 0.2) is 0 Å². The minimum atomic E-state index is -4.03. The highest BCUT2D eigenvalue weighted by Gasteiger charge is 2.34. The highest BCUT2D eigenvalue weighted by molar-refractivity contribution is 7.90. The fraction of sp³-hybridized carbons (Fsp3) is 0.417. The molecule has 2 amide bonds. The third-order valence-electron chi connectivity index (χ3n) is 5.64. The summed E-state index contributed by atoms with van der Waals surface area (Å²) >= 11 is 12.4. The van der Waals surface area contributed by atoms with E-state index in [-0.39, 0.29) is 12.5 Å². The maximum absolute atomic E-state index is 13.7. The molecule has 2 aromatic carbocycles. The Morgan fingerprint density at radius 3 is 2.26 bits per heavy atom. The predicted molar refractivity (Wildman–Crippen MR) is 141 cm³/mol. The fourth-order valence-electron chi connectivity index (χ4n) is 3.61. The molecule has 0 aromatic heterocycles. The van der Waals surface area contributed by atoms with E-state index in [0.717, 1.165) is 14.2 Å². The van der Waals surface area contributed by atoms with E-state index in [9.17, 15) is 18.0 Å². The fourth-order valence-corrected chi connectivity index (χ4v) is 5.19. The molecular weight excluding hydrogens is 511 g/mol. The van der Waals surface area contributed by atoms with Gasteiger partial charge < -0.3 is 10.2 Å². The van der Waals surface area contributed by atoms with E-state index in [1.165, 1.54) is 26.0 Å². The molecule has 192 valence electrons. The second-order valence-electron chi connectivity index (χ2n) is 8.38. The summed E-state index contributed by atoms with van der Waals surface area (Å²) in [5.41, 5.74) is 2.52. The number of nitrogens with zero attached hydrogens (tertiary/aromatic N) is 3. The molecule has 1 N–H and O–H groups in total. The van der Waals surface area contributed by atoms with Crippen LogP contribution >= 0.6 is 23.2 Å². The summed E-state index contributed by atoms with van der Waals surface area (Å²) in [4.78, 5) is 27.8. The number of rotatable bonds is 10. The smallest absolute Gasteiger partial charge is 0.304 e. The molecule has 1 atom stereocenters. The highest BCUT2D eigenvalue weighted by atomic mass is 35.5. The van der Waals surface area contributed by atoms with Gasteiger partial charge in [-0.3, -0.25) is 9.59 Å². The minimum absolute atomic E-state index is 0.00339. The molecular formula is C24H32Cl2N4O4S. The van der Waals surface area contributed by atoms with Crippen LogP contribution in [0, 0.1) is 13.8 Å². The number of likely N-dealkylation sites (N-methyl/N-ethyl adjacent to an activating group) is 1. The molecule has 2 rings (SSSR count). The van der Waals surface area contributed by atoms with E-state index in [2.05, 4.69) is 5.32 Å². The maximum atomic E-state index is 13.7. The Morgan fingerprint density at radius 2 is 1.71 bits per heavy atom. The first kappa shape index (κ1) is 28.9. The number of carbonyl (C=O) groups is 2. The summed E-state index contributed by atoms with van der Waals surface area (Å²) < 4.78 is 28.7. The van der Waals surface area contributed by atoms with Crippen molar-refractivity contribution in [2.75, 3.05) is 32.0 Å². The molecule has 0 spiro atoms. The van der Waals surface area contributed by atoms with Crippen LogP contribution in [0.2, 0.25) is 10.0 Å². The molecule has 0 unspecified atom stereocenters. The van der Waals surface area contributed by atoms with E-state index in [0.29, 0.717) is 33.3 Å². The van der Waals surface area contributed by atoms with Crippen molar-refractivity contribution in [3.8, 4) is 0 Å². The molecule has 0 heterocycles. The minimum Gasteiger partial charge on any atom is -0.357 e. The molecule has 0 aliphatic rings. The van der Waals surface area contributed by atoms with Gasteiger partial charge in [-0.05, 0) is 55.2 Å². The van der Waals surface area contributed by atoms with Gasteiger partial charge in [0.05, 0.1) is 5.69 Å². The van der Waals surface area contributed by atoms with Crippen LogP contribution in [0.5, 0.6) is 0 Å². The lowest BCUT2D eigenvalue weighted by Crippen LogP contribution is -2.53. The van der Waals surface area contributed by atoms with Gasteiger partial charge in [-0.25, -0.2) is 4.31 Å². The zero-order valence-electron chi connectivity index (χ0n) is 20.8. The molecule has 0 saturated carbocycles. The third kappa shape index (κ3) is 6.88.